The molecule has 4 aromatic rings. The van der Waals surface area contributed by atoms with E-state index in [1.807, 2.05) is 17.5 Å². The second-order valence-corrected chi connectivity index (χ2v) is 9.55. The van der Waals surface area contributed by atoms with Crippen molar-refractivity contribution in [1.29, 1.82) is 0 Å². The van der Waals surface area contributed by atoms with Crippen molar-refractivity contribution in [2.24, 2.45) is 5.10 Å². The molecule has 4 rings (SSSR count). The number of hydrogen-bond donors (Lipinski definition) is 3. The number of carbonyl (C=O) groups is 2. The molecule has 3 N–H and O–H groups in total. The number of aliphatic carboxylic acids is 1. The van der Waals surface area contributed by atoms with Gasteiger partial charge < -0.3 is 15.2 Å². The molecule has 0 unspecified atom stereocenters. The Hall–Kier alpha value is -3.63. The van der Waals surface area contributed by atoms with Gasteiger partial charge in [-0.1, -0.05) is 46.9 Å². The van der Waals surface area contributed by atoms with Crippen LogP contribution in [0.2, 0.25) is 15.1 Å². The van der Waals surface area contributed by atoms with E-state index in [9.17, 15) is 9.59 Å². The maximum absolute atomic E-state index is 12.5. The van der Waals surface area contributed by atoms with Crippen molar-refractivity contribution < 1.29 is 19.4 Å². The molecule has 1 amide bonds. The van der Waals surface area contributed by atoms with Gasteiger partial charge in [-0.05, 0) is 54.1 Å². The van der Waals surface area contributed by atoms with Crippen LogP contribution >= 0.6 is 46.1 Å². The number of nitrogens with one attached hydrogen (secondary N) is 2. The molecule has 0 aliphatic heterocycles. The molecule has 3 aromatic carbocycles. The van der Waals surface area contributed by atoms with E-state index >= 15 is 0 Å². The van der Waals surface area contributed by atoms with Crippen molar-refractivity contribution in [1.82, 2.24) is 10.4 Å². The number of nitrogens with zero attached hydrogens (tertiary/aromatic N) is 2. The quantitative estimate of drug-likeness (QED) is 0.150. The summed E-state index contributed by atoms with van der Waals surface area (Å²) in [5.74, 6) is -1.51. The first-order valence-electron chi connectivity index (χ1n) is 10.5. The minimum absolute atomic E-state index is 0.0556. The fraction of sp³-hybridized carbons (Fsp3) is 0.0400. The third-order valence-electron chi connectivity index (χ3n) is 4.78. The van der Waals surface area contributed by atoms with Crippen molar-refractivity contribution in [3.8, 4) is 17.0 Å². The van der Waals surface area contributed by atoms with Crippen LogP contribution in [0.25, 0.3) is 11.3 Å². The Morgan fingerprint density at radius 1 is 1.03 bits per heavy atom. The zero-order valence-electron chi connectivity index (χ0n) is 18.7. The molecule has 0 aliphatic carbocycles. The van der Waals surface area contributed by atoms with Gasteiger partial charge in [-0.3, -0.25) is 4.79 Å². The largest absolute Gasteiger partial charge is 0.479 e. The van der Waals surface area contributed by atoms with Crippen molar-refractivity contribution in [2.75, 3.05) is 11.9 Å². The Balaban J connectivity index is 1.35. The van der Waals surface area contributed by atoms with Crippen LogP contribution < -0.4 is 15.5 Å². The number of hydrazone groups is 1. The Bertz CT molecular complexity index is 1430. The fourth-order valence-electron chi connectivity index (χ4n) is 3.07. The van der Waals surface area contributed by atoms with E-state index in [0.717, 1.165) is 22.1 Å². The molecule has 188 valence electrons. The number of benzene rings is 3. The molecule has 0 atom stereocenters. The molecule has 1 heterocycles. The molecule has 0 spiro atoms. The summed E-state index contributed by atoms with van der Waals surface area (Å²) in [5.41, 5.74) is 5.84. The topological polar surface area (TPSA) is 113 Å². The monoisotopic (exact) mass is 574 g/mol. The van der Waals surface area contributed by atoms with E-state index in [0.29, 0.717) is 16.1 Å². The molecule has 8 nitrogen and oxygen atoms in total. The van der Waals surface area contributed by atoms with Crippen LogP contribution in [-0.4, -0.2) is 34.8 Å². The summed E-state index contributed by atoms with van der Waals surface area (Å²) >= 11 is 19.6. The van der Waals surface area contributed by atoms with Crippen LogP contribution in [0.5, 0.6) is 5.75 Å². The lowest BCUT2D eigenvalue weighted by atomic mass is 10.1. The minimum atomic E-state index is -1.16. The molecule has 37 heavy (non-hydrogen) atoms. The lowest BCUT2D eigenvalue weighted by molar-refractivity contribution is -0.139. The van der Waals surface area contributed by atoms with Crippen LogP contribution in [0.3, 0.4) is 0 Å². The van der Waals surface area contributed by atoms with Crippen LogP contribution in [0.4, 0.5) is 10.8 Å². The lowest BCUT2D eigenvalue weighted by Gasteiger charge is -2.08. The molecular formula is C25H17Cl3N4O4S. The average Bonchev–Trinajstić information content (AvgIpc) is 3.33. The highest BCUT2D eigenvalue weighted by atomic mass is 35.5. The number of anilines is 2. The van der Waals surface area contributed by atoms with E-state index in [1.165, 1.54) is 29.7 Å². The van der Waals surface area contributed by atoms with Gasteiger partial charge in [0.15, 0.2) is 17.5 Å². The molecule has 0 bridgehead atoms. The molecule has 1 aromatic heterocycles. The zero-order chi connectivity index (χ0) is 26.4. The first kappa shape index (κ1) is 26.4. The molecule has 0 saturated heterocycles. The van der Waals surface area contributed by atoms with E-state index in [2.05, 4.69) is 20.8 Å². The Kier molecular flexibility index (Phi) is 8.62. The Morgan fingerprint density at radius 3 is 2.35 bits per heavy atom. The number of carbonyl (C=O) groups excluding carboxylic acids is 1. The van der Waals surface area contributed by atoms with Gasteiger partial charge in [0.25, 0.3) is 5.91 Å². The van der Waals surface area contributed by atoms with Crippen LogP contribution in [0, 0.1) is 0 Å². The number of aromatic nitrogens is 1. The smallest absolute Gasteiger partial charge is 0.341 e. The minimum Gasteiger partial charge on any atom is -0.479 e. The number of carboxylic acid groups (broad SMARTS) is 1. The van der Waals surface area contributed by atoms with E-state index in [-0.39, 0.29) is 15.8 Å². The normalized spacial score (nSPS) is 10.9. The van der Waals surface area contributed by atoms with E-state index in [1.54, 1.807) is 36.4 Å². The maximum atomic E-state index is 12.5. The van der Waals surface area contributed by atoms with Gasteiger partial charge in [-0.25, -0.2) is 15.2 Å². The van der Waals surface area contributed by atoms with E-state index in [4.69, 9.17) is 44.6 Å². The van der Waals surface area contributed by atoms with Gasteiger partial charge in [0.05, 0.1) is 22.0 Å². The van der Waals surface area contributed by atoms with Crippen LogP contribution in [-0.2, 0) is 4.79 Å². The van der Waals surface area contributed by atoms with Crippen molar-refractivity contribution >= 4 is 75.0 Å². The molecule has 0 saturated carbocycles. The van der Waals surface area contributed by atoms with Gasteiger partial charge in [-0.15, -0.1) is 11.3 Å². The van der Waals surface area contributed by atoms with Crippen molar-refractivity contribution in [3.05, 3.63) is 92.2 Å². The summed E-state index contributed by atoms with van der Waals surface area (Å²) in [6.45, 7) is -0.578. The summed E-state index contributed by atoms with van der Waals surface area (Å²) in [5, 5.41) is 19.4. The maximum Gasteiger partial charge on any atom is 0.341 e. The van der Waals surface area contributed by atoms with Crippen LogP contribution in [0.15, 0.2) is 71.1 Å². The van der Waals surface area contributed by atoms with Crippen molar-refractivity contribution in [3.63, 3.8) is 0 Å². The number of hydrogen-bond acceptors (Lipinski definition) is 7. The molecule has 0 fully saturated rings. The summed E-state index contributed by atoms with van der Waals surface area (Å²) in [4.78, 5) is 27.7. The third kappa shape index (κ3) is 7.21. The summed E-state index contributed by atoms with van der Waals surface area (Å²) in [6, 6.07) is 17.3. The Morgan fingerprint density at radius 2 is 1.70 bits per heavy atom. The van der Waals surface area contributed by atoms with Gasteiger partial charge >= 0.3 is 5.97 Å². The van der Waals surface area contributed by atoms with Gasteiger partial charge in [0, 0.05) is 27.2 Å². The third-order valence-corrected chi connectivity index (χ3v) is 6.35. The molecule has 0 aliphatic rings. The number of ether oxygens (including phenoxy) is 1. The first-order chi connectivity index (χ1) is 17.8. The SMILES string of the molecule is O=C(O)COc1c(Cl)cc(/C=N\NC(=O)c2ccc(-c3csc(Nc4ccc(Cl)cc4)n3)cc2)cc1Cl. The summed E-state index contributed by atoms with van der Waals surface area (Å²) in [6.07, 6.45) is 1.36. The second-order valence-electron chi connectivity index (χ2n) is 7.44. The number of thiazole rings is 1. The molecule has 12 heteroatoms. The standard InChI is InChI=1S/C25H17Cl3N4O4S/c26-17-5-7-18(8-6-17)30-25-31-21(13-37-25)15-1-3-16(4-2-15)24(35)32-29-11-14-9-19(27)23(20(28)10-14)36-12-22(33)34/h1-11,13H,12H2,(H,30,31)(H,32,35)(H,33,34)/b29-11-. The lowest BCUT2D eigenvalue weighted by Crippen LogP contribution is -2.17. The highest BCUT2D eigenvalue weighted by molar-refractivity contribution is 7.14. The van der Waals surface area contributed by atoms with Gasteiger partial charge in [-0.2, -0.15) is 5.10 Å². The fourth-order valence-corrected chi connectivity index (χ4v) is 4.55. The Labute approximate surface area is 230 Å². The highest BCUT2D eigenvalue weighted by Crippen LogP contribution is 2.34. The number of rotatable bonds is 9. The number of halogens is 3. The number of amides is 1. The molecular weight excluding hydrogens is 559 g/mol. The summed E-state index contributed by atoms with van der Waals surface area (Å²) < 4.78 is 5.07. The highest BCUT2D eigenvalue weighted by Gasteiger charge is 2.12. The van der Waals surface area contributed by atoms with Gasteiger partial charge in [0.2, 0.25) is 0 Å². The predicted molar refractivity (Wildman–Crippen MR) is 147 cm³/mol. The van der Waals surface area contributed by atoms with Gasteiger partial charge in [0.1, 0.15) is 0 Å². The van der Waals surface area contributed by atoms with Crippen LogP contribution in [0.1, 0.15) is 15.9 Å². The van der Waals surface area contributed by atoms with E-state index < -0.39 is 18.5 Å². The zero-order valence-corrected chi connectivity index (χ0v) is 21.8. The average molecular weight is 576 g/mol. The number of carboxylic acids is 1. The first-order valence-corrected chi connectivity index (χ1v) is 12.6. The summed E-state index contributed by atoms with van der Waals surface area (Å²) in [7, 11) is 0. The van der Waals surface area contributed by atoms with Crippen molar-refractivity contribution in [2.45, 2.75) is 0 Å². The molecule has 0 radical (unpaired) electrons. The predicted octanol–water partition coefficient (Wildman–Crippen LogP) is 6.74. The second kappa shape index (κ2) is 12.1.